The molecule has 44 heavy (non-hydrogen) atoms. The van der Waals surface area contributed by atoms with Gasteiger partial charge in [-0.15, -0.1) is 11.8 Å². The minimum absolute atomic E-state index is 0.00371. The highest BCUT2D eigenvalue weighted by molar-refractivity contribution is 8.00. The first-order valence-corrected chi connectivity index (χ1v) is 15.8. The SMILES string of the molecule is C[C@H](O/N=C(\C(=O)N[C@@H]1C(=O)N2C(C(=O)[O-])=C(C[n+]3ccc(NC4CCNCC4)cc3)CS[C@H]12)c1nc(N)sc1Cl)C(=O)O. The van der Waals surface area contributed by atoms with Gasteiger partial charge in [-0.05, 0) is 32.9 Å². The highest BCUT2D eigenvalue weighted by atomic mass is 35.5. The standard InChI is InChI=1S/C26H29ClN8O7S2/c1-12(24(38)39)42-33-17(16-20(27)44-26(28)32-16)21(36)31-18-22(37)35-19(25(40)41)13(11-43-23(18)35)10-34-8-4-15(5-9-34)30-14-2-6-29-7-3-14/h4-5,8-9,12,14,18,23,29H,2-3,6-7,10-11H2,1H3,(H5,28,31,32,36,38,39,40,41)/b33-17-/t12-,18+,23+/m0/s1. The van der Waals surface area contributed by atoms with E-state index in [4.69, 9.17) is 27.3 Å². The van der Waals surface area contributed by atoms with Gasteiger partial charge in [0.2, 0.25) is 6.10 Å². The Labute approximate surface area is 264 Å². The van der Waals surface area contributed by atoms with Crippen molar-refractivity contribution in [1.29, 1.82) is 0 Å². The number of carbonyl (C=O) groups excluding carboxylic acids is 3. The number of amides is 2. The number of hydrogen-bond donors (Lipinski definition) is 5. The van der Waals surface area contributed by atoms with Crippen molar-refractivity contribution in [3.05, 3.63) is 45.8 Å². The molecule has 3 atom stereocenters. The number of thioether (sulfide) groups is 1. The van der Waals surface area contributed by atoms with Gasteiger partial charge < -0.3 is 41.5 Å². The Morgan fingerprint density at radius 2 is 2.05 bits per heavy atom. The fraction of sp³-hybridized carbons (Fsp3) is 0.423. The number of nitrogens with one attached hydrogen (secondary N) is 3. The Kier molecular flexibility index (Phi) is 9.57. The Bertz CT molecular complexity index is 1530. The summed E-state index contributed by atoms with van der Waals surface area (Å²) in [6, 6.07) is 3.11. The molecule has 0 spiro atoms. The minimum atomic E-state index is -1.50. The summed E-state index contributed by atoms with van der Waals surface area (Å²) in [5.74, 6) is -4.17. The van der Waals surface area contributed by atoms with Crippen molar-refractivity contribution in [3.63, 3.8) is 0 Å². The molecular weight excluding hydrogens is 636 g/mol. The number of nitrogens with zero attached hydrogens (tertiary/aromatic N) is 4. The maximum absolute atomic E-state index is 13.2. The smallest absolute Gasteiger partial charge is 0.347 e. The number of pyridine rings is 1. The Balaban J connectivity index is 1.29. The number of carbonyl (C=O) groups is 4. The third kappa shape index (κ3) is 6.74. The number of oxime groups is 1. The average Bonchev–Trinajstić information content (AvgIpc) is 3.33. The van der Waals surface area contributed by atoms with Gasteiger partial charge in [0, 0.05) is 35.2 Å². The molecule has 3 aliphatic heterocycles. The minimum Gasteiger partial charge on any atom is -0.543 e. The molecule has 0 saturated carbocycles. The zero-order valence-corrected chi connectivity index (χ0v) is 25.7. The summed E-state index contributed by atoms with van der Waals surface area (Å²) < 4.78 is 1.82. The van der Waals surface area contributed by atoms with Crippen molar-refractivity contribution in [1.82, 2.24) is 20.5 Å². The van der Waals surface area contributed by atoms with Crippen molar-refractivity contribution < 1.29 is 38.8 Å². The Hall–Kier alpha value is -3.93. The summed E-state index contributed by atoms with van der Waals surface area (Å²) in [6.45, 7) is 3.35. The highest BCUT2D eigenvalue weighted by Gasteiger charge is 2.53. The van der Waals surface area contributed by atoms with Gasteiger partial charge in [-0.3, -0.25) is 14.5 Å². The number of β-lactam (4-membered cyclic amide) rings is 1. The third-order valence-corrected chi connectivity index (χ3v) is 9.62. The largest absolute Gasteiger partial charge is 0.543 e. The van der Waals surface area contributed by atoms with Crippen molar-refractivity contribution in [2.75, 3.05) is 29.9 Å². The summed E-state index contributed by atoms with van der Waals surface area (Å²) in [6.07, 6.45) is 4.33. The van der Waals surface area contributed by atoms with Gasteiger partial charge in [0.05, 0.1) is 11.7 Å². The lowest BCUT2D eigenvalue weighted by atomic mass is 10.0. The van der Waals surface area contributed by atoms with Gasteiger partial charge in [0.15, 0.2) is 29.8 Å². The summed E-state index contributed by atoms with van der Waals surface area (Å²) in [5, 5.41) is 33.6. The van der Waals surface area contributed by atoms with E-state index in [-0.39, 0.29) is 33.2 Å². The highest BCUT2D eigenvalue weighted by Crippen LogP contribution is 2.40. The first-order chi connectivity index (χ1) is 21.0. The van der Waals surface area contributed by atoms with Crippen LogP contribution in [-0.2, 0) is 30.6 Å². The normalized spacial score (nSPS) is 21.3. The predicted octanol–water partition coefficient (Wildman–Crippen LogP) is -0.872. The van der Waals surface area contributed by atoms with Crippen molar-refractivity contribution in [3.8, 4) is 0 Å². The van der Waals surface area contributed by atoms with E-state index in [1.807, 2.05) is 29.1 Å². The van der Waals surface area contributed by atoms with Crippen LogP contribution in [0.5, 0.6) is 0 Å². The van der Waals surface area contributed by atoms with Gasteiger partial charge >= 0.3 is 5.97 Å². The van der Waals surface area contributed by atoms with E-state index in [0.717, 1.165) is 47.9 Å². The van der Waals surface area contributed by atoms with Crippen LogP contribution in [-0.4, -0.2) is 86.9 Å². The number of hydrogen-bond acceptors (Lipinski definition) is 13. The van der Waals surface area contributed by atoms with Crippen LogP contribution in [0, 0.1) is 0 Å². The topological polar surface area (TPSA) is 215 Å². The zero-order chi connectivity index (χ0) is 31.5. The lowest BCUT2D eigenvalue weighted by molar-refractivity contribution is -0.689. The first-order valence-electron chi connectivity index (χ1n) is 13.6. The molecular formula is C26H29ClN8O7S2. The van der Waals surface area contributed by atoms with Crippen LogP contribution >= 0.6 is 34.7 Å². The maximum Gasteiger partial charge on any atom is 0.347 e. The number of fused-ring (bicyclic) bond motifs is 1. The van der Waals surface area contributed by atoms with Gasteiger partial charge in [0.1, 0.15) is 21.4 Å². The maximum atomic E-state index is 13.2. The number of nitrogen functional groups attached to an aromatic ring is 1. The number of aliphatic carboxylic acids is 2. The summed E-state index contributed by atoms with van der Waals surface area (Å²) >= 11 is 8.29. The van der Waals surface area contributed by atoms with Crippen LogP contribution in [0.2, 0.25) is 4.34 Å². The lowest BCUT2D eigenvalue weighted by Crippen LogP contribution is -2.71. The Morgan fingerprint density at radius 1 is 1.34 bits per heavy atom. The van der Waals surface area contributed by atoms with Gasteiger partial charge in [-0.25, -0.2) is 14.3 Å². The monoisotopic (exact) mass is 664 g/mol. The quantitative estimate of drug-likeness (QED) is 0.0858. The lowest BCUT2D eigenvalue weighted by Gasteiger charge is -2.50. The average molecular weight is 665 g/mol. The van der Waals surface area contributed by atoms with Gasteiger partial charge in [-0.2, -0.15) is 0 Å². The second-order valence-electron chi connectivity index (χ2n) is 10.2. The van der Waals surface area contributed by atoms with Gasteiger partial charge in [0.25, 0.3) is 11.8 Å². The number of nitrogens with two attached hydrogens (primary N) is 1. The fourth-order valence-electron chi connectivity index (χ4n) is 4.92. The van der Waals surface area contributed by atoms with E-state index in [1.54, 1.807) is 0 Å². The van der Waals surface area contributed by atoms with E-state index in [2.05, 4.69) is 26.1 Å². The zero-order valence-electron chi connectivity index (χ0n) is 23.3. The van der Waals surface area contributed by atoms with Crippen LogP contribution in [0.3, 0.4) is 0 Å². The number of carboxylic acid groups (broad SMARTS) is 2. The number of piperidine rings is 1. The molecule has 2 amide bonds. The van der Waals surface area contributed by atoms with Crippen molar-refractivity contribution >= 4 is 75.0 Å². The number of anilines is 2. The number of rotatable bonds is 11. The molecule has 234 valence electrons. The Morgan fingerprint density at radius 3 is 2.66 bits per heavy atom. The molecule has 2 aromatic rings. The number of aromatic nitrogens is 2. The summed E-state index contributed by atoms with van der Waals surface area (Å²) in [5.41, 5.74) is 6.25. The molecule has 15 nitrogen and oxygen atoms in total. The van der Waals surface area contributed by atoms with Crippen LogP contribution in [0.15, 0.2) is 41.0 Å². The van der Waals surface area contributed by atoms with E-state index in [0.29, 0.717) is 11.6 Å². The molecule has 2 aromatic heterocycles. The first kappa shape index (κ1) is 31.5. The van der Waals surface area contributed by atoms with Crippen molar-refractivity contribution in [2.24, 2.45) is 5.16 Å². The molecule has 0 radical (unpaired) electrons. The summed E-state index contributed by atoms with van der Waals surface area (Å²) in [7, 11) is 0. The summed E-state index contributed by atoms with van der Waals surface area (Å²) in [4.78, 5) is 59.9. The molecule has 0 unspecified atom stereocenters. The van der Waals surface area contributed by atoms with E-state index in [1.165, 1.54) is 18.7 Å². The molecule has 6 N–H and O–H groups in total. The molecule has 2 fully saturated rings. The second kappa shape index (κ2) is 13.4. The molecule has 0 bridgehead atoms. The van der Waals surface area contributed by atoms with E-state index >= 15 is 0 Å². The second-order valence-corrected chi connectivity index (χ2v) is 13.0. The number of halogens is 1. The molecule has 0 aliphatic carbocycles. The van der Waals surface area contributed by atoms with Crippen LogP contribution in [0.25, 0.3) is 0 Å². The predicted molar refractivity (Wildman–Crippen MR) is 159 cm³/mol. The van der Waals surface area contributed by atoms with Gasteiger partial charge in [-0.1, -0.05) is 28.1 Å². The third-order valence-electron chi connectivity index (χ3n) is 7.19. The number of thiazole rings is 1. The van der Waals surface area contributed by atoms with E-state index < -0.39 is 47.0 Å². The fourth-order valence-corrected chi connectivity index (χ4v) is 7.18. The molecule has 5 rings (SSSR count). The number of carboxylic acids is 2. The van der Waals surface area contributed by atoms with Crippen LogP contribution < -0.4 is 31.4 Å². The van der Waals surface area contributed by atoms with Crippen LogP contribution in [0.1, 0.15) is 25.5 Å². The molecule has 5 heterocycles. The molecule has 2 saturated heterocycles. The molecule has 3 aliphatic rings. The molecule has 0 aromatic carbocycles. The van der Waals surface area contributed by atoms with Crippen molar-refractivity contribution in [2.45, 2.75) is 49.9 Å². The van der Waals surface area contributed by atoms with E-state index in [9.17, 15) is 24.3 Å². The van der Waals surface area contributed by atoms with Crippen LogP contribution in [0.4, 0.5) is 10.8 Å². The molecule has 18 heteroatoms.